The molecule has 0 unspecified atom stereocenters. The summed E-state index contributed by atoms with van der Waals surface area (Å²) in [4.78, 5) is 0. The molecule has 2 nitrogen and oxygen atoms in total. The summed E-state index contributed by atoms with van der Waals surface area (Å²) in [6, 6.07) is 0. The second-order valence-electron chi connectivity index (χ2n) is 4.96. The molecular weight excluding hydrogens is 164 g/mol. The van der Waals surface area contributed by atoms with Gasteiger partial charge in [-0.05, 0) is 31.6 Å². The van der Waals surface area contributed by atoms with Gasteiger partial charge in [0.2, 0.25) is 0 Å². The molecule has 2 saturated carbocycles. The van der Waals surface area contributed by atoms with Crippen molar-refractivity contribution in [1.82, 2.24) is 0 Å². The molecule has 0 aromatic carbocycles. The number of hydrogen-bond acceptors (Lipinski definition) is 2. The fourth-order valence-corrected chi connectivity index (χ4v) is 3.25. The Bertz CT molecular complexity index is 189. The Hall–Kier alpha value is -0.0800. The molecule has 2 aliphatic rings. The molecule has 0 aliphatic heterocycles. The first-order valence-electron chi connectivity index (χ1n) is 5.53. The summed E-state index contributed by atoms with van der Waals surface area (Å²) in [6.45, 7) is 2.10. The normalized spacial score (nSPS) is 51.5. The van der Waals surface area contributed by atoms with E-state index in [2.05, 4.69) is 6.92 Å². The van der Waals surface area contributed by atoms with Gasteiger partial charge < -0.3 is 10.2 Å². The van der Waals surface area contributed by atoms with Crippen LogP contribution >= 0.6 is 0 Å². The Kier molecular flexibility index (Phi) is 2.37. The molecule has 13 heavy (non-hydrogen) atoms. The first-order valence-corrected chi connectivity index (χ1v) is 5.53. The van der Waals surface area contributed by atoms with E-state index in [-0.39, 0.29) is 17.6 Å². The monoisotopic (exact) mass is 184 g/mol. The van der Waals surface area contributed by atoms with Gasteiger partial charge in [-0.15, -0.1) is 0 Å². The Morgan fingerprint density at radius 1 is 1.08 bits per heavy atom. The molecule has 0 amide bonds. The molecule has 76 valence electrons. The van der Waals surface area contributed by atoms with Gasteiger partial charge in [-0.2, -0.15) is 0 Å². The minimum Gasteiger partial charge on any atom is -0.392 e. The standard InChI is InChI=1S/C11H20O2/c1-8-5-7-11(10(8)13)6-3-2-4-9(11)12/h8-10,12-13H,2-7H2,1H3/t8-,9+,10+,11+/m1/s1. The molecular formula is C11H20O2. The lowest BCUT2D eigenvalue weighted by molar-refractivity contribution is -0.0858. The van der Waals surface area contributed by atoms with Crippen molar-refractivity contribution in [3.8, 4) is 0 Å². The first-order chi connectivity index (χ1) is 6.17. The topological polar surface area (TPSA) is 40.5 Å². The van der Waals surface area contributed by atoms with E-state index in [0.717, 1.165) is 32.1 Å². The van der Waals surface area contributed by atoms with Crippen LogP contribution in [0.15, 0.2) is 0 Å². The van der Waals surface area contributed by atoms with Gasteiger partial charge >= 0.3 is 0 Å². The summed E-state index contributed by atoms with van der Waals surface area (Å²) in [6.07, 6.45) is 5.83. The third-order valence-electron chi connectivity index (χ3n) is 4.23. The largest absolute Gasteiger partial charge is 0.392 e. The second-order valence-corrected chi connectivity index (χ2v) is 4.96. The molecule has 2 rings (SSSR count). The second kappa shape index (κ2) is 3.25. The van der Waals surface area contributed by atoms with Gasteiger partial charge in [0, 0.05) is 5.41 Å². The van der Waals surface area contributed by atoms with Crippen LogP contribution in [0.25, 0.3) is 0 Å². The van der Waals surface area contributed by atoms with Crippen LogP contribution in [0, 0.1) is 11.3 Å². The quantitative estimate of drug-likeness (QED) is 0.601. The number of hydrogen-bond donors (Lipinski definition) is 2. The van der Waals surface area contributed by atoms with Crippen LogP contribution in [0.2, 0.25) is 0 Å². The maximum Gasteiger partial charge on any atom is 0.0646 e. The van der Waals surface area contributed by atoms with Crippen molar-refractivity contribution in [3.05, 3.63) is 0 Å². The van der Waals surface area contributed by atoms with Crippen molar-refractivity contribution in [3.63, 3.8) is 0 Å². The zero-order valence-corrected chi connectivity index (χ0v) is 8.37. The summed E-state index contributed by atoms with van der Waals surface area (Å²) in [5, 5.41) is 20.1. The summed E-state index contributed by atoms with van der Waals surface area (Å²) >= 11 is 0. The highest BCUT2D eigenvalue weighted by molar-refractivity contribution is 5.01. The Balaban J connectivity index is 2.17. The minimum absolute atomic E-state index is 0.127. The maximum atomic E-state index is 10.1. The van der Waals surface area contributed by atoms with Gasteiger partial charge in [0.05, 0.1) is 12.2 Å². The number of aliphatic hydroxyl groups excluding tert-OH is 2. The van der Waals surface area contributed by atoms with Crippen molar-refractivity contribution in [2.75, 3.05) is 0 Å². The highest BCUT2D eigenvalue weighted by Crippen LogP contribution is 2.51. The smallest absolute Gasteiger partial charge is 0.0646 e. The zero-order chi connectivity index (χ0) is 9.47. The SMILES string of the molecule is C[C@@H]1CC[C@]2(CCCC[C@@H]2O)[C@H]1O. The van der Waals surface area contributed by atoms with Crippen LogP contribution < -0.4 is 0 Å². The summed E-state index contributed by atoms with van der Waals surface area (Å²) in [5.41, 5.74) is -0.127. The predicted octanol–water partition coefficient (Wildman–Crippen LogP) is 1.70. The zero-order valence-electron chi connectivity index (χ0n) is 8.37. The van der Waals surface area contributed by atoms with E-state index in [0.29, 0.717) is 5.92 Å². The summed E-state index contributed by atoms with van der Waals surface area (Å²) < 4.78 is 0. The molecule has 1 spiro atoms. The molecule has 4 atom stereocenters. The van der Waals surface area contributed by atoms with E-state index < -0.39 is 0 Å². The average molecular weight is 184 g/mol. The molecule has 2 heteroatoms. The van der Waals surface area contributed by atoms with E-state index in [1.54, 1.807) is 0 Å². The Morgan fingerprint density at radius 2 is 1.85 bits per heavy atom. The number of aliphatic hydroxyl groups is 2. The molecule has 0 bridgehead atoms. The summed E-state index contributed by atoms with van der Waals surface area (Å²) in [7, 11) is 0. The highest BCUT2D eigenvalue weighted by Gasteiger charge is 2.51. The van der Waals surface area contributed by atoms with Crippen LogP contribution in [-0.2, 0) is 0 Å². The van der Waals surface area contributed by atoms with E-state index >= 15 is 0 Å². The average Bonchev–Trinajstić information content (AvgIpc) is 2.40. The van der Waals surface area contributed by atoms with Crippen molar-refractivity contribution in [2.45, 2.75) is 57.7 Å². The Morgan fingerprint density at radius 3 is 2.38 bits per heavy atom. The predicted molar refractivity (Wildman–Crippen MR) is 51.3 cm³/mol. The highest BCUT2D eigenvalue weighted by atomic mass is 16.3. The third-order valence-corrected chi connectivity index (χ3v) is 4.23. The van der Waals surface area contributed by atoms with Gasteiger partial charge in [0.25, 0.3) is 0 Å². The van der Waals surface area contributed by atoms with E-state index in [4.69, 9.17) is 0 Å². The third kappa shape index (κ3) is 1.31. The fourth-order valence-electron chi connectivity index (χ4n) is 3.25. The molecule has 0 aromatic heterocycles. The van der Waals surface area contributed by atoms with Crippen molar-refractivity contribution >= 4 is 0 Å². The lowest BCUT2D eigenvalue weighted by Crippen LogP contribution is -2.45. The number of rotatable bonds is 0. The molecule has 0 heterocycles. The maximum absolute atomic E-state index is 10.1. The molecule has 2 N–H and O–H groups in total. The molecule has 2 fully saturated rings. The van der Waals surface area contributed by atoms with E-state index in [1.165, 1.54) is 6.42 Å². The van der Waals surface area contributed by atoms with Crippen LogP contribution in [0.1, 0.15) is 45.4 Å². The van der Waals surface area contributed by atoms with Crippen LogP contribution in [0.3, 0.4) is 0 Å². The van der Waals surface area contributed by atoms with Crippen LogP contribution in [0.4, 0.5) is 0 Å². The first kappa shape index (κ1) is 9.47. The molecule has 0 aromatic rings. The van der Waals surface area contributed by atoms with Gasteiger partial charge in [0.1, 0.15) is 0 Å². The molecule has 0 radical (unpaired) electrons. The van der Waals surface area contributed by atoms with Gasteiger partial charge in [-0.1, -0.05) is 19.8 Å². The van der Waals surface area contributed by atoms with Crippen LogP contribution in [-0.4, -0.2) is 22.4 Å². The molecule has 0 saturated heterocycles. The van der Waals surface area contributed by atoms with Gasteiger partial charge in [-0.3, -0.25) is 0 Å². The van der Waals surface area contributed by atoms with E-state index in [1.807, 2.05) is 0 Å². The van der Waals surface area contributed by atoms with Crippen molar-refractivity contribution in [2.24, 2.45) is 11.3 Å². The van der Waals surface area contributed by atoms with Crippen LogP contribution in [0.5, 0.6) is 0 Å². The fraction of sp³-hybridized carbons (Fsp3) is 1.00. The van der Waals surface area contributed by atoms with Crippen molar-refractivity contribution < 1.29 is 10.2 Å². The minimum atomic E-state index is -0.261. The van der Waals surface area contributed by atoms with E-state index in [9.17, 15) is 10.2 Å². The van der Waals surface area contributed by atoms with Gasteiger partial charge in [-0.25, -0.2) is 0 Å². The van der Waals surface area contributed by atoms with Crippen molar-refractivity contribution in [1.29, 1.82) is 0 Å². The lowest BCUT2D eigenvalue weighted by Gasteiger charge is -2.41. The van der Waals surface area contributed by atoms with Gasteiger partial charge in [0.15, 0.2) is 0 Å². The Labute approximate surface area is 80.0 Å². The summed E-state index contributed by atoms with van der Waals surface area (Å²) in [5.74, 6) is 0.382. The lowest BCUT2D eigenvalue weighted by atomic mass is 9.68. The molecule has 2 aliphatic carbocycles.